The summed E-state index contributed by atoms with van der Waals surface area (Å²) < 4.78 is 11.2. The monoisotopic (exact) mass is 295 g/mol. The van der Waals surface area contributed by atoms with E-state index < -0.39 is 0 Å². The number of rotatable bonds is 11. The van der Waals surface area contributed by atoms with E-state index in [2.05, 4.69) is 19.2 Å². The van der Waals surface area contributed by atoms with Crippen LogP contribution in [0, 0.1) is 0 Å². The molecule has 0 saturated heterocycles. The van der Waals surface area contributed by atoms with Gasteiger partial charge in [0.2, 0.25) is 0 Å². The Morgan fingerprint density at radius 1 is 1.14 bits per heavy atom. The van der Waals surface area contributed by atoms with E-state index in [-0.39, 0.29) is 6.61 Å². The summed E-state index contributed by atoms with van der Waals surface area (Å²) in [4.78, 5) is 0. The predicted octanol–water partition coefficient (Wildman–Crippen LogP) is 3.12. The molecule has 4 nitrogen and oxygen atoms in total. The fraction of sp³-hybridized carbons (Fsp3) is 0.647. The van der Waals surface area contributed by atoms with E-state index >= 15 is 0 Å². The number of hydrogen-bond donors (Lipinski definition) is 2. The maximum absolute atomic E-state index is 8.74. The Morgan fingerprint density at radius 2 is 1.90 bits per heavy atom. The molecule has 0 saturated carbocycles. The molecule has 1 rings (SSSR count). The lowest BCUT2D eigenvalue weighted by Gasteiger charge is -2.15. The Balaban J connectivity index is 2.50. The van der Waals surface area contributed by atoms with Crippen LogP contribution in [-0.4, -0.2) is 31.5 Å². The van der Waals surface area contributed by atoms with Crippen molar-refractivity contribution in [1.82, 2.24) is 5.32 Å². The Labute approximate surface area is 128 Å². The molecule has 1 aromatic rings. The summed E-state index contributed by atoms with van der Waals surface area (Å²) in [6.45, 7) is 6.02. The molecule has 0 aliphatic heterocycles. The second-order valence-corrected chi connectivity index (χ2v) is 5.50. The highest BCUT2D eigenvalue weighted by Gasteiger charge is 2.06. The minimum atomic E-state index is 0.282. The van der Waals surface area contributed by atoms with Crippen LogP contribution in [0.2, 0.25) is 0 Å². The molecule has 120 valence electrons. The Hall–Kier alpha value is -1.26. The molecule has 0 fully saturated rings. The van der Waals surface area contributed by atoms with Gasteiger partial charge in [-0.25, -0.2) is 0 Å². The van der Waals surface area contributed by atoms with Gasteiger partial charge in [0, 0.05) is 24.8 Å². The number of unbranched alkanes of at least 4 members (excludes halogenated alkanes) is 3. The third kappa shape index (κ3) is 7.34. The van der Waals surface area contributed by atoms with Gasteiger partial charge in [-0.1, -0.05) is 20.3 Å². The largest absolute Gasteiger partial charge is 0.497 e. The van der Waals surface area contributed by atoms with E-state index in [9.17, 15) is 0 Å². The van der Waals surface area contributed by atoms with Gasteiger partial charge in [-0.15, -0.1) is 0 Å². The van der Waals surface area contributed by atoms with Crippen LogP contribution in [0.3, 0.4) is 0 Å². The molecule has 0 atom stereocenters. The average molecular weight is 295 g/mol. The molecule has 0 spiro atoms. The zero-order valence-corrected chi connectivity index (χ0v) is 13.5. The highest BCUT2D eigenvalue weighted by Crippen LogP contribution is 2.24. The third-order valence-corrected chi connectivity index (χ3v) is 3.28. The van der Waals surface area contributed by atoms with Crippen LogP contribution >= 0.6 is 0 Å². The smallest absolute Gasteiger partial charge is 0.124 e. The van der Waals surface area contributed by atoms with Gasteiger partial charge in [0.25, 0.3) is 0 Å². The molecular formula is C17H29NO3. The van der Waals surface area contributed by atoms with Crippen molar-refractivity contribution in [3.63, 3.8) is 0 Å². The number of benzene rings is 1. The third-order valence-electron chi connectivity index (χ3n) is 3.28. The molecule has 0 amide bonds. The minimum Gasteiger partial charge on any atom is -0.497 e. The summed E-state index contributed by atoms with van der Waals surface area (Å²) in [5.41, 5.74) is 1.12. The summed E-state index contributed by atoms with van der Waals surface area (Å²) in [7, 11) is 1.68. The summed E-state index contributed by atoms with van der Waals surface area (Å²) >= 11 is 0. The van der Waals surface area contributed by atoms with E-state index in [4.69, 9.17) is 14.6 Å². The minimum absolute atomic E-state index is 0.282. The fourth-order valence-electron chi connectivity index (χ4n) is 2.03. The van der Waals surface area contributed by atoms with Crippen molar-refractivity contribution < 1.29 is 14.6 Å². The Kier molecular flexibility index (Phi) is 8.87. The number of methoxy groups -OCH3 is 1. The van der Waals surface area contributed by atoms with Gasteiger partial charge >= 0.3 is 0 Å². The molecule has 0 heterocycles. The average Bonchev–Trinajstić information content (AvgIpc) is 2.49. The van der Waals surface area contributed by atoms with E-state index in [1.54, 1.807) is 7.11 Å². The molecule has 21 heavy (non-hydrogen) atoms. The molecular weight excluding hydrogens is 266 g/mol. The second-order valence-electron chi connectivity index (χ2n) is 5.50. The zero-order chi connectivity index (χ0) is 15.5. The topological polar surface area (TPSA) is 50.7 Å². The van der Waals surface area contributed by atoms with Crippen molar-refractivity contribution >= 4 is 0 Å². The van der Waals surface area contributed by atoms with Crippen molar-refractivity contribution in [3.8, 4) is 11.5 Å². The highest BCUT2D eigenvalue weighted by atomic mass is 16.5. The van der Waals surface area contributed by atoms with Crippen LogP contribution in [0.15, 0.2) is 18.2 Å². The first-order chi connectivity index (χ1) is 10.2. The maximum atomic E-state index is 8.74. The standard InChI is InChI=1S/C17H29NO3/c1-14(2)18-13-15-12-16(20-3)8-9-17(15)21-11-7-5-4-6-10-19/h8-9,12,14,18-19H,4-7,10-11,13H2,1-3H3. The van der Waals surface area contributed by atoms with Crippen molar-refractivity contribution in [2.45, 2.75) is 52.1 Å². The van der Waals surface area contributed by atoms with E-state index in [1.807, 2.05) is 18.2 Å². The molecule has 2 N–H and O–H groups in total. The molecule has 0 radical (unpaired) electrons. The van der Waals surface area contributed by atoms with Crippen molar-refractivity contribution in [1.29, 1.82) is 0 Å². The number of aliphatic hydroxyl groups is 1. The number of aliphatic hydroxyl groups excluding tert-OH is 1. The van der Waals surface area contributed by atoms with E-state index in [1.165, 1.54) is 0 Å². The van der Waals surface area contributed by atoms with Gasteiger partial charge in [-0.2, -0.15) is 0 Å². The van der Waals surface area contributed by atoms with Crippen molar-refractivity contribution in [2.24, 2.45) is 0 Å². The predicted molar refractivity (Wildman–Crippen MR) is 86.0 cm³/mol. The molecule has 0 aliphatic carbocycles. The van der Waals surface area contributed by atoms with Gasteiger partial charge in [-0.3, -0.25) is 0 Å². The first-order valence-electron chi connectivity index (χ1n) is 7.81. The van der Waals surface area contributed by atoms with Crippen molar-refractivity contribution in [3.05, 3.63) is 23.8 Å². The van der Waals surface area contributed by atoms with Gasteiger partial charge in [0.1, 0.15) is 11.5 Å². The first kappa shape index (κ1) is 17.8. The molecule has 4 heteroatoms. The quantitative estimate of drug-likeness (QED) is 0.616. The summed E-state index contributed by atoms with van der Waals surface area (Å²) in [5, 5.41) is 12.1. The lowest BCUT2D eigenvalue weighted by molar-refractivity contribution is 0.272. The second kappa shape index (κ2) is 10.5. The molecule has 0 bridgehead atoms. The lowest BCUT2D eigenvalue weighted by Crippen LogP contribution is -2.22. The van der Waals surface area contributed by atoms with Gasteiger partial charge in [0.05, 0.1) is 13.7 Å². The van der Waals surface area contributed by atoms with Crippen LogP contribution in [0.4, 0.5) is 0 Å². The van der Waals surface area contributed by atoms with Crippen LogP contribution in [0.25, 0.3) is 0 Å². The molecule has 1 aromatic carbocycles. The summed E-state index contributed by atoms with van der Waals surface area (Å²) in [5.74, 6) is 1.77. The van der Waals surface area contributed by atoms with Crippen molar-refractivity contribution in [2.75, 3.05) is 20.3 Å². The summed E-state index contributed by atoms with van der Waals surface area (Å²) in [6, 6.07) is 6.36. The van der Waals surface area contributed by atoms with E-state index in [0.717, 1.165) is 49.3 Å². The Bertz CT molecular complexity index is 394. The van der Waals surface area contributed by atoms with Crippen LogP contribution in [0.5, 0.6) is 11.5 Å². The Morgan fingerprint density at radius 3 is 2.57 bits per heavy atom. The van der Waals surface area contributed by atoms with Crippen LogP contribution in [0.1, 0.15) is 45.1 Å². The summed E-state index contributed by atoms with van der Waals surface area (Å²) in [6.07, 6.45) is 4.05. The maximum Gasteiger partial charge on any atom is 0.124 e. The molecule has 0 aliphatic rings. The van der Waals surface area contributed by atoms with Gasteiger partial charge in [0.15, 0.2) is 0 Å². The van der Waals surface area contributed by atoms with Crippen LogP contribution < -0.4 is 14.8 Å². The zero-order valence-electron chi connectivity index (χ0n) is 13.5. The van der Waals surface area contributed by atoms with Crippen LogP contribution in [-0.2, 0) is 6.54 Å². The lowest BCUT2D eigenvalue weighted by atomic mass is 10.1. The molecule has 0 aromatic heterocycles. The number of ether oxygens (including phenoxy) is 2. The molecule has 0 unspecified atom stereocenters. The SMILES string of the molecule is COc1ccc(OCCCCCCO)c(CNC(C)C)c1. The van der Waals surface area contributed by atoms with Gasteiger partial charge in [-0.05, 0) is 37.5 Å². The fourth-order valence-corrected chi connectivity index (χ4v) is 2.03. The highest BCUT2D eigenvalue weighted by molar-refractivity contribution is 5.40. The van der Waals surface area contributed by atoms with E-state index in [0.29, 0.717) is 12.6 Å². The number of hydrogen-bond acceptors (Lipinski definition) is 4. The first-order valence-corrected chi connectivity index (χ1v) is 7.81. The van der Waals surface area contributed by atoms with Gasteiger partial charge < -0.3 is 19.9 Å². The normalized spacial score (nSPS) is 10.9. The number of nitrogens with one attached hydrogen (secondary N) is 1.